The van der Waals surface area contributed by atoms with Gasteiger partial charge in [-0.15, -0.1) is 0 Å². The van der Waals surface area contributed by atoms with E-state index < -0.39 is 0 Å². The van der Waals surface area contributed by atoms with Crippen LogP contribution in [0.3, 0.4) is 0 Å². The Hall–Kier alpha value is -0.820. The van der Waals surface area contributed by atoms with Crippen molar-refractivity contribution >= 4 is 17.3 Å². The van der Waals surface area contributed by atoms with Crippen LogP contribution in [0.1, 0.15) is 24.8 Å². The highest BCUT2D eigenvalue weighted by Crippen LogP contribution is 2.13. The fourth-order valence-corrected chi connectivity index (χ4v) is 1.87. The summed E-state index contributed by atoms with van der Waals surface area (Å²) in [5.74, 6) is 0. The summed E-state index contributed by atoms with van der Waals surface area (Å²) in [6.45, 7) is 1.02. The van der Waals surface area contributed by atoms with E-state index >= 15 is 0 Å². The Labute approximate surface area is 89.8 Å². The average Bonchev–Trinajstić information content (AvgIpc) is 2.23. The number of benzene rings is 1. The topological polar surface area (TPSA) is 12.4 Å². The number of rotatable bonds is 2. The van der Waals surface area contributed by atoms with Gasteiger partial charge in [-0.05, 0) is 37.0 Å². The van der Waals surface area contributed by atoms with Crippen molar-refractivity contribution in [2.75, 3.05) is 6.54 Å². The lowest BCUT2D eigenvalue weighted by Crippen LogP contribution is -2.08. The Morgan fingerprint density at radius 1 is 1.14 bits per heavy atom. The molecule has 1 nitrogen and oxygen atoms in total. The van der Waals surface area contributed by atoms with E-state index in [1.165, 1.54) is 30.5 Å². The van der Waals surface area contributed by atoms with Crippen LogP contribution in [0.25, 0.3) is 0 Å². The Morgan fingerprint density at radius 2 is 1.93 bits per heavy atom. The van der Waals surface area contributed by atoms with Gasteiger partial charge in [0.2, 0.25) is 0 Å². The molecule has 1 aliphatic rings. The zero-order valence-corrected chi connectivity index (χ0v) is 8.93. The molecule has 0 amide bonds. The number of hydrogen-bond acceptors (Lipinski definition) is 1. The Balaban J connectivity index is 2.03. The number of nitrogens with zero attached hydrogens (tertiary/aromatic N) is 1. The second kappa shape index (κ2) is 4.61. The van der Waals surface area contributed by atoms with Gasteiger partial charge in [-0.25, -0.2) is 0 Å². The molecule has 0 spiro atoms. The number of hydrogen-bond donors (Lipinski definition) is 0. The fourth-order valence-electron chi connectivity index (χ4n) is 1.74. The molecular formula is C12H14ClN. The average molecular weight is 208 g/mol. The highest BCUT2D eigenvalue weighted by atomic mass is 35.5. The molecule has 0 radical (unpaired) electrons. The largest absolute Gasteiger partial charge is 0.294 e. The van der Waals surface area contributed by atoms with Gasteiger partial charge in [0.15, 0.2) is 0 Å². The molecule has 0 aromatic heterocycles. The first-order chi connectivity index (χ1) is 6.84. The molecule has 1 aliphatic heterocycles. The molecule has 1 aromatic rings. The molecule has 0 fully saturated rings. The third kappa shape index (κ3) is 2.58. The maximum Gasteiger partial charge on any atom is 0.0406 e. The summed E-state index contributed by atoms with van der Waals surface area (Å²) in [5, 5.41) is 0.805. The standard InChI is InChI=1S/C12H14ClN/c13-11-6-4-10(5-7-11)9-12-3-1-2-8-14-12/h4-7H,1-3,8-9H2. The predicted molar refractivity (Wildman–Crippen MR) is 61.3 cm³/mol. The summed E-state index contributed by atoms with van der Waals surface area (Å²) < 4.78 is 0. The summed E-state index contributed by atoms with van der Waals surface area (Å²) >= 11 is 5.82. The maximum absolute atomic E-state index is 5.82. The van der Waals surface area contributed by atoms with E-state index in [-0.39, 0.29) is 0 Å². The van der Waals surface area contributed by atoms with Gasteiger partial charge in [-0.3, -0.25) is 4.99 Å². The van der Waals surface area contributed by atoms with Gasteiger partial charge in [0.05, 0.1) is 0 Å². The third-order valence-corrected chi connectivity index (χ3v) is 2.78. The van der Waals surface area contributed by atoms with Gasteiger partial charge < -0.3 is 0 Å². The van der Waals surface area contributed by atoms with Gasteiger partial charge in [0.25, 0.3) is 0 Å². The fraction of sp³-hybridized carbons (Fsp3) is 0.417. The first-order valence-corrected chi connectivity index (χ1v) is 5.49. The van der Waals surface area contributed by atoms with Crippen LogP contribution in [0, 0.1) is 0 Å². The summed E-state index contributed by atoms with van der Waals surface area (Å²) in [7, 11) is 0. The molecule has 0 N–H and O–H groups in total. The molecule has 74 valence electrons. The second-order valence-corrected chi connectivity index (χ2v) is 4.14. The van der Waals surface area contributed by atoms with Crippen molar-refractivity contribution in [2.45, 2.75) is 25.7 Å². The molecule has 0 bridgehead atoms. The minimum Gasteiger partial charge on any atom is -0.294 e. The Kier molecular flexibility index (Phi) is 3.20. The van der Waals surface area contributed by atoms with Crippen molar-refractivity contribution < 1.29 is 0 Å². The normalized spacial score (nSPS) is 16.5. The molecule has 0 saturated heterocycles. The SMILES string of the molecule is Clc1ccc(CC2=NCCCC2)cc1. The summed E-state index contributed by atoms with van der Waals surface area (Å²) in [4.78, 5) is 4.53. The second-order valence-electron chi connectivity index (χ2n) is 3.71. The zero-order valence-electron chi connectivity index (χ0n) is 8.17. The molecule has 0 atom stereocenters. The number of aliphatic imine (C=N–C) groups is 1. The van der Waals surface area contributed by atoms with Crippen molar-refractivity contribution in [2.24, 2.45) is 4.99 Å². The molecule has 1 aromatic carbocycles. The lowest BCUT2D eigenvalue weighted by Gasteiger charge is -2.11. The molecule has 0 aliphatic carbocycles. The Morgan fingerprint density at radius 3 is 2.57 bits per heavy atom. The highest BCUT2D eigenvalue weighted by molar-refractivity contribution is 6.30. The zero-order chi connectivity index (χ0) is 9.80. The highest BCUT2D eigenvalue weighted by Gasteiger charge is 2.05. The minimum absolute atomic E-state index is 0.805. The van der Waals surface area contributed by atoms with E-state index in [0.29, 0.717) is 0 Å². The van der Waals surface area contributed by atoms with Crippen LogP contribution in [0.2, 0.25) is 5.02 Å². The minimum atomic E-state index is 0.805. The molecule has 1 heterocycles. The van der Waals surface area contributed by atoms with Crippen LogP contribution in [-0.4, -0.2) is 12.3 Å². The van der Waals surface area contributed by atoms with E-state index in [2.05, 4.69) is 17.1 Å². The van der Waals surface area contributed by atoms with Gasteiger partial charge in [0, 0.05) is 23.7 Å². The van der Waals surface area contributed by atoms with Gasteiger partial charge in [-0.2, -0.15) is 0 Å². The molecular weight excluding hydrogens is 194 g/mol. The van der Waals surface area contributed by atoms with Gasteiger partial charge in [-0.1, -0.05) is 23.7 Å². The van der Waals surface area contributed by atoms with Crippen molar-refractivity contribution in [3.63, 3.8) is 0 Å². The molecule has 14 heavy (non-hydrogen) atoms. The quantitative estimate of drug-likeness (QED) is 0.704. The van der Waals surface area contributed by atoms with Gasteiger partial charge >= 0.3 is 0 Å². The molecule has 2 rings (SSSR count). The van der Waals surface area contributed by atoms with Crippen LogP contribution in [-0.2, 0) is 6.42 Å². The Bertz CT molecular complexity index is 327. The van der Waals surface area contributed by atoms with E-state index in [9.17, 15) is 0 Å². The lowest BCUT2D eigenvalue weighted by molar-refractivity contribution is 0.730. The lowest BCUT2D eigenvalue weighted by atomic mass is 10.0. The van der Waals surface area contributed by atoms with E-state index in [1.807, 2.05) is 12.1 Å². The van der Waals surface area contributed by atoms with Crippen molar-refractivity contribution in [3.8, 4) is 0 Å². The van der Waals surface area contributed by atoms with Crippen molar-refractivity contribution in [1.29, 1.82) is 0 Å². The smallest absolute Gasteiger partial charge is 0.0406 e. The van der Waals surface area contributed by atoms with Crippen LogP contribution < -0.4 is 0 Å². The van der Waals surface area contributed by atoms with E-state index in [1.54, 1.807) is 0 Å². The van der Waals surface area contributed by atoms with Crippen molar-refractivity contribution in [1.82, 2.24) is 0 Å². The van der Waals surface area contributed by atoms with E-state index in [0.717, 1.165) is 18.0 Å². The maximum atomic E-state index is 5.82. The summed E-state index contributed by atoms with van der Waals surface area (Å²) in [6, 6.07) is 8.06. The first-order valence-electron chi connectivity index (χ1n) is 5.11. The van der Waals surface area contributed by atoms with Crippen molar-refractivity contribution in [3.05, 3.63) is 34.9 Å². The van der Waals surface area contributed by atoms with Crippen LogP contribution in [0.15, 0.2) is 29.3 Å². The van der Waals surface area contributed by atoms with Crippen LogP contribution in [0.5, 0.6) is 0 Å². The molecule has 0 unspecified atom stereocenters. The van der Waals surface area contributed by atoms with E-state index in [4.69, 9.17) is 11.6 Å². The van der Waals surface area contributed by atoms with Crippen LogP contribution in [0.4, 0.5) is 0 Å². The summed E-state index contributed by atoms with van der Waals surface area (Å²) in [6.07, 6.45) is 4.72. The summed E-state index contributed by atoms with van der Waals surface area (Å²) in [5.41, 5.74) is 2.66. The van der Waals surface area contributed by atoms with Crippen LogP contribution >= 0.6 is 11.6 Å². The number of halogens is 1. The molecule has 2 heteroatoms. The van der Waals surface area contributed by atoms with Gasteiger partial charge in [0.1, 0.15) is 0 Å². The third-order valence-electron chi connectivity index (χ3n) is 2.53. The monoisotopic (exact) mass is 207 g/mol. The first kappa shape index (κ1) is 9.72. The molecule has 0 saturated carbocycles. The predicted octanol–water partition coefficient (Wildman–Crippen LogP) is 3.51.